The lowest BCUT2D eigenvalue weighted by Crippen LogP contribution is -2.63. The number of alkyl halides is 1. The lowest BCUT2D eigenvalue weighted by Gasteiger charge is -2.48. The summed E-state index contributed by atoms with van der Waals surface area (Å²) in [6.45, 7) is 6.06. The third kappa shape index (κ3) is 4.16. The van der Waals surface area contributed by atoms with E-state index in [4.69, 9.17) is 4.74 Å². The second-order valence-electron chi connectivity index (χ2n) is 13.1. The summed E-state index contributed by atoms with van der Waals surface area (Å²) in [6.07, 6.45) is 8.42. The molecule has 0 saturated carbocycles. The number of carbonyl (C=O) groups is 1. The van der Waals surface area contributed by atoms with Gasteiger partial charge in [0.05, 0.1) is 28.9 Å². The molecule has 1 amide bonds. The summed E-state index contributed by atoms with van der Waals surface area (Å²) in [5.74, 6) is -1.49. The highest BCUT2D eigenvalue weighted by molar-refractivity contribution is 5.98. The van der Waals surface area contributed by atoms with E-state index in [1.165, 1.54) is 12.3 Å². The highest BCUT2D eigenvalue weighted by atomic mass is 19.1. The van der Waals surface area contributed by atoms with Crippen molar-refractivity contribution in [3.63, 3.8) is 0 Å². The Kier molecular flexibility index (Phi) is 6.63. The van der Waals surface area contributed by atoms with Gasteiger partial charge < -0.3 is 14.5 Å². The first kappa shape index (κ1) is 27.9. The third-order valence-corrected chi connectivity index (χ3v) is 10.8. The number of ether oxygens (including phenoxy) is 1. The van der Waals surface area contributed by atoms with Gasteiger partial charge >= 0.3 is 6.01 Å². The van der Waals surface area contributed by atoms with Gasteiger partial charge in [-0.25, -0.2) is 18.2 Å². The lowest BCUT2D eigenvalue weighted by molar-refractivity contribution is -0.127. The van der Waals surface area contributed by atoms with Crippen LogP contribution < -0.4 is 9.64 Å². The molecule has 0 spiro atoms. The number of likely N-dealkylation sites (tertiary alicyclic amines) is 1. The number of aromatic nitrogens is 2. The molecule has 2 unspecified atom stereocenters. The molecule has 3 aromatic rings. The van der Waals surface area contributed by atoms with E-state index in [0.29, 0.717) is 38.0 Å². The molecular weight excluding hydrogens is 567 g/mol. The molecule has 2 aromatic carbocycles. The average Bonchev–Trinajstić information content (AvgIpc) is 3.67. The highest BCUT2D eigenvalue weighted by Crippen LogP contribution is 2.47. The number of aryl methyl sites for hydroxylation is 1. The predicted octanol–water partition coefficient (Wildman–Crippen LogP) is 5.38. The molecule has 44 heavy (non-hydrogen) atoms. The number of amides is 1. The van der Waals surface area contributed by atoms with E-state index in [-0.39, 0.29) is 52.8 Å². The maximum Gasteiger partial charge on any atom is 0.317 e. The van der Waals surface area contributed by atoms with Crippen LogP contribution in [-0.2, 0) is 17.6 Å². The van der Waals surface area contributed by atoms with E-state index >= 15 is 8.78 Å². The second kappa shape index (κ2) is 10.5. The fraction of sp³-hybridized carbons (Fsp3) is 0.500. The summed E-state index contributed by atoms with van der Waals surface area (Å²) in [4.78, 5) is 27.3. The quantitative estimate of drug-likeness (QED) is 0.353. The van der Waals surface area contributed by atoms with Gasteiger partial charge in [-0.05, 0) is 74.3 Å². The minimum atomic E-state index is -0.896. The number of carbonyl (C=O) groups excluding carboxylic acids is 1. The zero-order valence-corrected chi connectivity index (χ0v) is 24.7. The molecule has 4 aliphatic heterocycles. The zero-order valence-electron chi connectivity index (χ0n) is 24.7. The van der Waals surface area contributed by atoms with Gasteiger partial charge in [0, 0.05) is 37.6 Å². The Bertz CT molecular complexity index is 1680. The largest absolute Gasteiger partial charge is 0.461 e. The van der Waals surface area contributed by atoms with Crippen LogP contribution in [0.25, 0.3) is 22.0 Å². The van der Waals surface area contributed by atoms with Gasteiger partial charge in [-0.2, -0.15) is 4.98 Å². The Labute approximate surface area is 254 Å². The molecule has 8 rings (SSSR count). The van der Waals surface area contributed by atoms with Crippen molar-refractivity contribution in [3.05, 3.63) is 59.8 Å². The number of halogens is 3. The zero-order chi connectivity index (χ0) is 30.2. The maximum atomic E-state index is 16.9. The monoisotopic (exact) mass is 603 g/mol. The molecule has 230 valence electrons. The van der Waals surface area contributed by atoms with Gasteiger partial charge in [-0.15, -0.1) is 0 Å². The summed E-state index contributed by atoms with van der Waals surface area (Å²) in [7, 11) is 0. The van der Waals surface area contributed by atoms with E-state index in [1.807, 2.05) is 17.0 Å². The molecule has 0 N–H and O–H groups in total. The number of hydrogen-bond donors (Lipinski definition) is 0. The van der Waals surface area contributed by atoms with E-state index in [2.05, 4.69) is 21.4 Å². The third-order valence-electron chi connectivity index (χ3n) is 10.8. The van der Waals surface area contributed by atoms with Gasteiger partial charge in [0.15, 0.2) is 11.6 Å². The van der Waals surface area contributed by atoms with Gasteiger partial charge in [0.1, 0.15) is 18.3 Å². The van der Waals surface area contributed by atoms with Crippen LogP contribution in [-0.4, -0.2) is 82.3 Å². The van der Waals surface area contributed by atoms with E-state index in [9.17, 15) is 9.18 Å². The van der Waals surface area contributed by atoms with Crippen LogP contribution in [0.4, 0.5) is 18.9 Å². The molecule has 4 saturated heterocycles. The first-order valence-electron chi connectivity index (χ1n) is 15.9. The molecular formula is C34H36F3N5O2. The summed E-state index contributed by atoms with van der Waals surface area (Å²) in [5.41, 5.74) is 2.47. The molecule has 4 fully saturated rings. The van der Waals surface area contributed by atoms with Crippen molar-refractivity contribution in [2.75, 3.05) is 37.7 Å². The SMILES string of the molecule is C=CC(=O)N1CCC2[C@H]1CN2c1c(F)c(-c2cccc3c2CCCC3)c(F)c2nc(OCC34CCCN3C[C@H](F)C4)ncc12. The molecule has 10 heteroatoms. The maximum absolute atomic E-state index is 16.9. The predicted molar refractivity (Wildman–Crippen MR) is 162 cm³/mol. The fourth-order valence-corrected chi connectivity index (χ4v) is 8.68. The average molecular weight is 604 g/mol. The minimum Gasteiger partial charge on any atom is -0.461 e. The Morgan fingerprint density at radius 3 is 2.84 bits per heavy atom. The van der Waals surface area contributed by atoms with E-state index in [1.54, 1.807) is 11.0 Å². The van der Waals surface area contributed by atoms with Crippen LogP contribution in [0, 0.1) is 11.6 Å². The van der Waals surface area contributed by atoms with Crippen molar-refractivity contribution >= 4 is 22.5 Å². The van der Waals surface area contributed by atoms with Crippen molar-refractivity contribution in [2.24, 2.45) is 0 Å². The Hall–Kier alpha value is -3.66. The van der Waals surface area contributed by atoms with Gasteiger partial charge in [0.25, 0.3) is 0 Å². The first-order valence-corrected chi connectivity index (χ1v) is 15.9. The fourth-order valence-electron chi connectivity index (χ4n) is 8.68. The van der Waals surface area contributed by atoms with E-state index in [0.717, 1.165) is 56.2 Å². The minimum absolute atomic E-state index is 0.00337. The summed E-state index contributed by atoms with van der Waals surface area (Å²) < 4.78 is 54.0. The number of benzene rings is 2. The molecule has 1 aromatic heterocycles. The van der Waals surface area contributed by atoms with Crippen molar-refractivity contribution in [2.45, 2.75) is 75.2 Å². The van der Waals surface area contributed by atoms with Crippen molar-refractivity contribution in [1.82, 2.24) is 19.8 Å². The van der Waals surface area contributed by atoms with Crippen LogP contribution in [0.15, 0.2) is 37.1 Å². The summed E-state index contributed by atoms with van der Waals surface area (Å²) in [6, 6.07) is 5.57. The van der Waals surface area contributed by atoms with Gasteiger partial charge in [-0.3, -0.25) is 9.69 Å². The molecule has 4 atom stereocenters. The van der Waals surface area contributed by atoms with Crippen LogP contribution >= 0.6 is 0 Å². The van der Waals surface area contributed by atoms with Crippen molar-refractivity contribution < 1.29 is 22.7 Å². The first-order chi connectivity index (χ1) is 21.4. The molecule has 0 radical (unpaired) electrons. The number of hydrogen-bond acceptors (Lipinski definition) is 6. The summed E-state index contributed by atoms with van der Waals surface area (Å²) >= 11 is 0. The molecule has 1 aliphatic carbocycles. The number of fused-ring (bicyclic) bond motifs is 4. The van der Waals surface area contributed by atoms with Gasteiger partial charge in [0.2, 0.25) is 5.91 Å². The molecule has 0 bridgehead atoms. The number of rotatable bonds is 6. The Morgan fingerprint density at radius 2 is 1.98 bits per heavy atom. The number of anilines is 1. The highest BCUT2D eigenvalue weighted by Gasteiger charge is 2.51. The second-order valence-corrected chi connectivity index (χ2v) is 13.1. The summed E-state index contributed by atoms with van der Waals surface area (Å²) in [5, 5.41) is 0.276. The smallest absolute Gasteiger partial charge is 0.317 e. The van der Waals surface area contributed by atoms with E-state index < -0.39 is 23.3 Å². The number of nitrogens with zero attached hydrogens (tertiary/aromatic N) is 5. The standard InChI is InChI=1S/C34H36F3N5O2/c1-2-27(43)41-14-11-25-26(41)18-42(25)32-24-16-38-33(44-19-34-12-6-13-40(34)17-21(35)15-34)39-31(24)29(36)28(30(32)37)23-10-5-8-20-7-3-4-9-22(20)23/h2,5,8,10,16,21,25-26H,1,3-4,6-7,9,11-15,17-19H2/t21-,25?,26-,34?/m1/s1. The van der Waals surface area contributed by atoms with Crippen LogP contribution in [0.3, 0.4) is 0 Å². The normalized spacial score (nSPS) is 27.7. The topological polar surface area (TPSA) is 61.8 Å². The van der Waals surface area contributed by atoms with Crippen LogP contribution in [0.5, 0.6) is 6.01 Å². The van der Waals surface area contributed by atoms with Crippen LogP contribution in [0.2, 0.25) is 0 Å². The lowest BCUT2D eigenvalue weighted by atomic mass is 9.85. The molecule has 5 aliphatic rings. The van der Waals surface area contributed by atoms with Gasteiger partial charge in [-0.1, -0.05) is 24.8 Å². The molecule has 7 nitrogen and oxygen atoms in total. The Balaban J connectivity index is 1.22. The Morgan fingerprint density at radius 1 is 1.11 bits per heavy atom. The van der Waals surface area contributed by atoms with Crippen molar-refractivity contribution in [1.29, 1.82) is 0 Å². The van der Waals surface area contributed by atoms with Crippen molar-refractivity contribution in [3.8, 4) is 17.1 Å². The van der Waals surface area contributed by atoms with Crippen LogP contribution in [0.1, 0.15) is 49.7 Å². The molecule has 5 heterocycles.